The zero-order valence-corrected chi connectivity index (χ0v) is 33.2. The first-order chi connectivity index (χ1) is 28.2. The molecule has 2 unspecified atom stereocenters. The van der Waals surface area contributed by atoms with Crippen molar-refractivity contribution >= 4 is 60.6 Å². The number of rotatable bonds is 7. The van der Waals surface area contributed by atoms with Gasteiger partial charge in [0.05, 0.1) is 31.5 Å². The van der Waals surface area contributed by atoms with E-state index in [1.165, 1.54) is 23.0 Å². The van der Waals surface area contributed by atoms with E-state index in [9.17, 15) is 28.4 Å². The van der Waals surface area contributed by atoms with Crippen LogP contribution in [0.25, 0.3) is 11.2 Å². The number of alkyl halides is 2. The van der Waals surface area contributed by atoms with Crippen molar-refractivity contribution in [1.82, 2.24) is 24.4 Å². The number of allylic oxidation sites excluding steroid dienone is 1. The number of phosphoric acid groups is 1. The quantitative estimate of drug-likeness (QED) is 0.112. The van der Waals surface area contributed by atoms with Crippen LogP contribution in [0.3, 0.4) is 0 Å². The van der Waals surface area contributed by atoms with E-state index in [2.05, 4.69) is 15.0 Å². The summed E-state index contributed by atoms with van der Waals surface area (Å²) >= 11 is 0.595. The number of aryl methyl sites for hydroxylation is 1. The summed E-state index contributed by atoms with van der Waals surface area (Å²) in [6, 6.07) is 13.0. The Hall–Kier alpha value is -4.47. The maximum absolute atomic E-state index is 16.7. The molecule has 8 rings (SSSR count). The second-order valence-corrected chi connectivity index (χ2v) is 19.1. The van der Waals surface area contributed by atoms with E-state index < -0.39 is 101 Å². The molecule has 2 aromatic carbocycles. The Morgan fingerprint density at radius 1 is 0.949 bits per heavy atom. The minimum atomic E-state index is -5.28. The molecule has 10 atom stereocenters. The molecule has 4 aromatic rings. The first-order valence-electron chi connectivity index (χ1n) is 17.8. The molecular weight excluding hydrogens is 844 g/mol. The summed E-state index contributed by atoms with van der Waals surface area (Å²) < 4.78 is 101. The lowest BCUT2D eigenvalue weighted by molar-refractivity contribution is -0.148. The number of ketones is 1. The highest BCUT2D eigenvalue weighted by molar-refractivity contribution is 8.54. The van der Waals surface area contributed by atoms with Crippen molar-refractivity contribution in [2.75, 3.05) is 18.9 Å². The molecule has 2 bridgehead atoms. The van der Waals surface area contributed by atoms with Crippen molar-refractivity contribution in [3.8, 4) is 5.75 Å². The van der Waals surface area contributed by atoms with Gasteiger partial charge in [-0.25, -0.2) is 37.7 Å². The van der Waals surface area contributed by atoms with E-state index in [0.29, 0.717) is 22.5 Å². The number of carbonyl (C=O) groups is 3. The van der Waals surface area contributed by atoms with Crippen LogP contribution in [0.4, 0.5) is 14.6 Å². The molecule has 24 heteroatoms. The summed E-state index contributed by atoms with van der Waals surface area (Å²) in [5.41, 5.74) is 7.93. The van der Waals surface area contributed by atoms with E-state index in [4.69, 9.17) is 38.0 Å². The van der Waals surface area contributed by atoms with E-state index >= 15 is 8.78 Å². The Balaban J connectivity index is 1.07. The maximum atomic E-state index is 16.7. The van der Waals surface area contributed by atoms with Gasteiger partial charge in [0.25, 0.3) is 0 Å². The molecule has 0 radical (unpaired) electrons. The first kappa shape index (κ1) is 41.3. The monoisotopic (exact) mass is 878 g/mol. The molecule has 3 N–H and O–H groups in total. The van der Waals surface area contributed by atoms with Gasteiger partial charge in [-0.3, -0.25) is 37.2 Å². The van der Waals surface area contributed by atoms with E-state index in [0.717, 1.165) is 29.1 Å². The van der Waals surface area contributed by atoms with Crippen LogP contribution in [0.5, 0.6) is 5.75 Å². The fourth-order valence-electron chi connectivity index (χ4n) is 6.60. The van der Waals surface area contributed by atoms with Gasteiger partial charge in [0.15, 0.2) is 42.0 Å². The number of benzene rings is 2. The van der Waals surface area contributed by atoms with Crippen LogP contribution in [0.1, 0.15) is 34.1 Å². The molecule has 19 nitrogen and oxygen atoms in total. The van der Waals surface area contributed by atoms with Crippen molar-refractivity contribution in [3.63, 3.8) is 0 Å². The predicted octanol–water partition coefficient (Wildman–Crippen LogP) is 4.51. The lowest BCUT2D eigenvalue weighted by Crippen LogP contribution is -2.46. The van der Waals surface area contributed by atoms with Crippen LogP contribution in [0.15, 0.2) is 73.5 Å². The molecule has 0 spiro atoms. The van der Waals surface area contributed by atoms with Gasteiger partial charge in [0, 0.05) is 12.0 Å². The van der Waals surface area contributed by atoms with Crippen molar-refractivity contribution in [2.24, 2.45) is 0 Å². The normalized spacial score (nSPS) is 32.6. The summed E-state index contributed by atoms with van der Waals surface area (Å²) in [6.07, 6.45) is -11.1. The largest absolute Gasteiger partial charge is 0.472 e. The second kappa shape index (κ2) is 16.5. The van der Waals surface area contributed by atoms with E-state index in [1.807, 2.05) is 6.92 Å². The highest BCUT2D eigenvalue weighted by Gasteiger charge is 2.56. The van der Waals surface area contributed by atoms with Gasteiger partial charge in [-0.15, -0.1) is 0 Å². The Kier molecular flexibility index (Phi) is 11.6. The molecule has 3 saturated heterocycles. The highest BCUT2D eigenvalue weighted by Crippen LogP contribution is 2.64. The van der Waals surface area contributed by atoms with Gasteiger partial charge in [0.1, 0.15) is 42.0 Å². The van der Waals surface area contributed by atoms with Crippen LogP contribution in [-0.2, 0) is 52.0 Å². The van der Waals surface area contributed by atoms with Gasteiger partial charge in [-0.2, -0.15) is 0 Å². The van der Waals surface area contributed by atoms with Gasteiger partial charge in [-0.05, 0) is 54.2 Å². The van der Waals surface area contributed by atoms with Crippen LogP contribution < -0.4 is 10.5 Å². The number of carbonyl (C=O) groups excluding carboxylic acids is 3. The van der Waals surface area contributed by atoms with Crippen LogP contribution in [-0.4, -0.2) is 103 Å². The van der Waals surface area contributed by atoms with Crippen LogP contribution in [0.2, 0.25) is 0 Å². The standard InChI is InChI=1S/C35H34F2N6O13P2S/c1-18-2-6-20(7-3-18)35(46)52-22-8-4-19(5-9-22)15-59-58(49)51-13-23-26(36)30(34(53-23)42-11-10-21(44)12-25(42)45)55-57(47,48)50-14-24-29(56-58)27(37)33(54-24)43-17-41-28-31(38)39-16-40-32(28)43/h2-11,16-17,23-24,26-27,29-30,33-34H,12-15H2,1H3,(H,47,48)(H2,38,39,40)/t23-,24-,26-,27-,29-,30-,33-,34?,58-/m1/s1. The molecule has 1 amide bonds. The number of aromatic nitrogens is 4. The highest BCUT2D eigenvalue weighted by atomic mass is 32.7. The number of imidazole rings is 1. The number of fused-ring (bicyclic) bond motifs is 4. The summed E-state index contributed by atoms with van der Waals surface area (Å²) in [5.74, 6) is -1.84. The Morgan fingerprint density at radius 2 is 1.68 bits per heavy atom. The molecule has 4 aliphatic rings. The first-order valence-corrected chi connectivity index (χ1v) is 22.5. The predicted molar refractivity (Wildman–Crippen MR) is 201 cm³/mol. The number of halogens is 2. The number of hydrogen-bond donors (Lipinski definition) is 2. The third-order valence-corrected chi connectivity index (χ3v) is 14.3. The topological polar surface area (TPSA) is 243 Å². The molecule has 0 aliphatic carbocycles. The molecule has 2 aromatic heterocycles. The second-order valence-electron chi connectivity index (χ2n) is 13.7. The summed E-state index contributed by atoms with van der Waals surface area (Å²) in [5, 5.41) is 0. The van der Waals surface area contributed by atoms with Gasteiger partial charge >= 0.3 is 20.6 Å². The minimum Gasteiger partial charge on any atom is -0.423 e. The van der Waals surface area contributed by atoms with Crippen molar-refractivity contribution in [2.45, 2.75) is 68.3 Å². The van der Waals surface area contributed by atoms with Gasteiger partial charge < -0.3 is 24.8 Å². The van der Waals surface area contributed by atoms with Crippen molar-refractivity contribution in [1.29, 1.82) is 0 Å². The Bertz CT molecular complexity index is 2390. The average molecular weight is 879 g/mol. The number of phosphoric ester groups is 1. The van der Waals surface area contributed by atoms with Gasteiger partial charge in [0.2, 0.25) is 5.91 Å². The summed E-state index contributed by atoms with van der Waals surface area (Å²) in [7, 11) is -5.28. The molecule has 0 saturated carbocycles. The Morgan fingerprint density at radius 3 is 2.42 bits per heavy atom. The van der Waals surface area contributed by atoms with Crippen molar-refractivity contribution in [3.05, 3.63) is 90.2 Å². The molecule has 4 aliphatic heterocycles. The fraction of sp³-hybridized carbons (Fsp3) is 0.371. The van der Waals surface area contributed by atoms with E-state index in [-0.39, 0.29) is 28.5 Å². The number of amides is 1. The summed E-state index contributed by atoms with van der Waals surface area (Å²) in [6.45, 7) is -4.52. The number of nitrogen functional groups attached to an aromatic ring is 1. The minimum absolute atomic E-state index is 0.0101. The molecule has 312 valence electrons. The van der Waals surface area contributed by atoms with Gasteiger partial charge in [-0.1, -0.05) is 29.8 Å². The van der Waals surface area contributed by atoms with E-state index in [1.54, 1.807) is 36.4 Å². The zero-order chi connectivity index (χ0) is 41.6. The van der Waals surface area contributed by atoms with Crippen molar-refractivity contribution < 1.29 is 69.5 Å². The lowest BCUT2D eigenvalue weighted by Gasteiger charge is -2.31. The number of nitrogens with zero attached hydrogens (tertiary/aromatic N) is 5. The SMILES string of the molecule is Cc1ccc(C(=O)Oc2ccc(CS[P@]3(=O)OC[C@H]4OC(N5C=CC(=O)CC5=O)[C@H](OP(=O)(O)OC[C@H]5O[C@@H](n6cnc7c(N)ncnc76)[C@H](F)[C@@H]5O3)[C@@H]4F)cc2)cc1. The number of ether oxygens (including phenoxy) is 3. The lowest BCUT2D eigenvalue weighted by atomic mass is 10.1. The molecule has 59 heavy (non-hydrogen) atoms. The van der Waals surface area contributed by atoms with Crippen LogP contribution in [0, 0.1) is 6.92 Å². The number of hydrogen-bond acceptors (Lipinski definition) is 17. The number of nitrogens with two attached hydrogens (primary N) is 1. The third-order valence-electron chi connectivity index (χ3n) is 9.62. The number of esters is 1. The molecule has 6 heterocycles. The zero-order valence-electron chi connectivity index (χ0n) is 30.6. The third kappa shape index (κ3) is 8.74. The smallest absolute Gasteiger partial charge is 0.423 e. The fourth-order valence-corrected chi connectivity index (χ4v) is 10.9. The maximum Gasteiger partial charge on any atom is 0.472 e. The Labute approximate surface area is 337 Å². The van der Waals surface area contributed by atoms with Crippen LogP contribution >= 0.6 is 26.0 Å². The molecule has 3 fully saturated rings. The number of anilines is 1. The molecular formula is C35H34F2N6O13P2S. The summed E-state index contributed by atoms with van der Waals surface area (Å²) in [4.78, 5) is 61.1. The average Bonchev–Trinajstić information content (AvgIpc) is 3.86.